The van der Waals surface area contributed by atoms with Gasteiger partial charge in [0.2, 0.25) is 5.95 Å². The smallest absolute Gasteiger partial charge is 0.224 e. The number of anilines is 1. The Balaban J connectivity index is 1.49. The van der Waals surface area contributed by atoms with Crippen LogP contribution in [0.25, 0.3) is 16.7 Å². The predicted molar refractivity (Wildman–Crippen MR) is 124 cm³/mol. The van der Waals surface area contributed by atoms with Gasteiger partial charge in [0, 0.05) is 30.8 Å². The molecule has 1 aliphatic rings. The lowest BCUT2D eigenvalue weighted by Gasteiger charge is -2.36. The number of rotatable bonds is 8. The van der Waals surface area contributed by atoms with Gasteiger partial charge in [0.1, 0.15) is 5.75 Å². The van der Waals surface area contributed by atoms with Crippen LogP contribution in [0.4, 0.5) is 5.95 Å². The van der Waals surface area contributed by atoms with Crippen LogP contribution in [0.2, 0.25) is 0 Å². The van der Waals surface area contributed by atoms with E-state index in [4.69, 9.17) is 9.72 Å². The first-order valence-electron chi connectivity index (χ1n) is 11.4. The fraction of sp³-hybridized carbons (Fsp3) is 0.542. The van der Waals surface area contributed by atoms with Crippen molar-refractivity contribution in [1.82, 2.24) is 19.7 Å². The number of nitrogens with one attached hydrogen (secondary N) is 1. The van der Waals surface area contributed by atoms with Gasteiger partial charge in [-0.25, -0.2) is 9.67 Å². The van der Waals surface area contributed by atoms with Gasteiger partial charge < -0.3 is 20.3 Å². The second-order valence-electron chi connectivity index (χ2n) is 9.43. The molecule has 0 aliphatic heterocycles. The van der Waals surface area contributed by atoms with Crippen molar-refractivity contribution in [3.8, 4) is 11.6 Å². The summed E-state index contributed by atoms with van der Waals surface area (Å²) in [4.78, 5) is 9.11. The van der Waals surface area contributed by atoms with Crippen molar-refractivity contribution in [2.45, 2.75) is 58.1 Å². The van der Waals surface area contributed by atoms with E-state index in [1.54, 1.807) is 17.1 Å². The molecule has 3 N–H and O–H groups in total. The normalized spacial score (nSPS) is 20.3. The van der Waals surface area contributed by atoms with Crippen LogP contribution in [0.1, 0.15) is 46.5 Å². The van der Waals surface area contributed by atoms with E-state index in [1.165, 1.54) is 0 Å². The maximum absolute atomic E-state index is 10.3. The van der Waals surface area contributed by atoms with Gasteiger partial charge in [-0.05, 0) is 57.6 Å². The van der Waals surface area contributed by atoms with E-state index in [9.17, 15) is 10.2 Å². The Labute approximate surface area is 188 Å². The molecule has 4 rings (SSSR count). The van der Waals surface area contributed by atoms with Crippen LogP contribution in [0.5, 0.6) is 5.75 Å². The van der Waals surface area contributed by atoms with Crippen LogP contribution in [0, 0.1) is 11.8 Å². The Hall–Kier alpha value is -2.71. The zero-order valence-corrected chi connectivity index (χ0v) is 19.0. The van der Waals surface area contributed by atoms with Crippen LogP contribution in [0.3, 0.4) is 0 Å². The van der Waals surface area contributed by atoms with Gasteiger partial charge in [-0.15, -0.1) is 0 Å². The summed E-state index contributed by atoms with van der Waals surface area (Å²) in [5.74, 6) is 2.41. The predicted octanol–water partition coefficient (Wildman–Crippen LogP) is 3.56. The average molecular weight is 440 g/mol. The molecule has 2 aromatic heterocycles. The summed E-state index contributed by atoms with van der Waals surface area (Å²) in [6.45, 7) is 6.27. The third kappa shape index (κ3) is 5.02. The van der Waals surface area contributed by atoms with Crippen molar-refractivity contribution in [1.29, 1.82) is 0 Å². The first kappa shape index (κ1) is 22.5. The molecule has 0 bridgehead atoms. The van der Waals surface area contributed by atoms with Crippen LogP contribution in [-0.4, -0.2) is 54.8 Å². The molecule has 8 heteroatoms. The molecule has 172 valence electrons. The highest BCUT2D eigenvalue weighted by Crippen LogP contribution is 2.33. The number of hydrogen-bond acceptors (Lipinski definition) is 7. The van der Waals surface area contributed by atoms with E-state index in [0.717, 1.165) is 42.3 Å². The van der Waals surface area contributed by atoms with E-state index < -0.39 is 5.60 Å². The molecule has 0 amide bonds. The van der Waals surface area contributed by atoms with Crippen molar-refractivity contribution in [3.05, 3.63) is 36.7 Å². The zero-order valence-electron chi connectivity index (χ0n) is 19.0. The molecular weight excluding hydrogens is 406 g/mol. The van der Waals surface area contributed by atoms with E-state index in [2.05, 4.69) is 15.4 Å². The van der Waals surface area contributed by atoms with Gasteiger partial charge in [-0.3, -0.25) is 0 Å². The summed E-state index contributed by atoms with van der Waals surface area (Å²) >= 11 is 0. The fourth-order valence-electron chi connectivity index (χ4n) is 4.28. The molecule has 1 aromatic carbocycles. The van der Waals surface area contributed by atoms with E-state index >= 15 is 0 Å². The van der Waals surface area contributed by atoms with Crippen LogP contribution < -0.4 is 10.1 Å². The summed E-state index contributed by atoms with van der Waals surface area (Å²) in [5.41, 5.74) is 0.274. The SMILES string of the molecule is CC(CO)COc1cccc2c1cnn2-c1ccnc(NC2CCC(C(C)(C)O)CC2)n1. The van der Waals surface area contributed by atoms with Crippen molar-refractivity contribution in [2.24, 2.45) is 11.8 Å². The molecule has 1 saturated carbocycles. The number of ether oxygens (including phenoxy) is 1. The second kappa shape index (κ2) is 9.42. The first-order valence-corrected chi connectivity index (χ1v) is 11.4. The summed E-state index contributed by atoms with van der Waals surface area (Å²) in [7, 11) is 0. The number of aliphatic hydroxyl groups excluding tert-OH is 1. The van der Waals surface area contributed by atoms with Gasteiger partial charge in [-0.1, -0.05) is 13.0 Å². The van der Waals surface area contributed by atoms with Crippen molar-refractivity contribution in [2.75, 3.05) is 18.5 Å². The third-order valence-electron chi connectivity index (χ3n) is 6.33. The molecule has 0 saturated heterocycles. The molecule has 2 heterocycles. The quantitative estimate of drug-likeness (QED) is 0.493. The van der Waals surface area contributed by atoms with Crippen molar-refractivity contribution in [3.63, 3.8) is 0 Å². The fourth-order valence-corrected chi connectivity index (χ4v) is 4.28. The molecule has 8 nitrogen and oxygen atoms in total. The van der Waals surface area contributed by atoms with Crippen molar-refractivity contribution >= 4 is 16.9 Å². The number of benzene rings is 1. The highest BCUT2D eigenvalue weighted by atomic mass is 16.5. The van der Waals surface area contributed by atoms with Gasteiger partial charge in [0.05, 0.1) is 29.3 Å². The maximum atomic E-state index is 10.3. The minimum atomic E-state index is -0.624. The lowest BCUT2D eigenvalue weighted by Crippen LogP contribution is -2.37. The molecular formula is C24H33N5O3. The Kier molecular flexibility index (Phi) is 6.62. The summed E-state index contributed by atoms with van der Waals surface area (Å²) < 4.78 is 7.69. The topological polar surface area (TPSA) is 105 Å². The minimum Gasteiger partial charge on any atom is -0.492 e. The highest BCUT2D eigenvalue weighted by Gasteiger charge is 2.31. The third-order valence-corrected chi connectivity index (χ3v) is 6.33. The average Bonchev–Trinajstić information content (AvgIpc) is 3.22. The Morgan fingerprint density at radius 1 is 1.22 bits per heavy atom. The number of aliphatic hydroxyl groups is 2. The molecule has 3 aromatic rings. The van der Waals surface area contributed by atoms with Crippen LogP contribution >= 0.6 is 0 Å². The van der Waals surface area contributed by atoms with Gasteiger partial charge in [-0.2, -0.15) is 10.1 Å². The van der Waals surface area contributed by atoms with Crippen molar-refractivity contribution < 1.29 is 14.9 Å². The maximum Gasteiger partial charge on any atom is 0.224 e. The lowest BCUT2D eigenvalue weighted by molar-refractivity contribution is -0.000415. The largest absolute Gasteiger partial charge is 0.492 e. The van der Waals surface area contributed by atoms with E-state index in [-0.39, 0.29) is 12.5 Å². The van der Waals surface area contributed by atoms with Gasteiger partial charge >= 0.3 is 0 Å². The standard InChI is InChI=1S/C24H33N5O3/c1-16(14-30)15-32-21-6-4-5-20-19(21)13-26-29(20)22-11-12-25-23(28-22)27-18-9-7-17(8-10-18)24(2,3)31/h4-6,11-13,16-18,30-31H,7-10,14-15H2,1-3H3,(H,25,27,28). The molecule has 1 unspecified atom stereocenters. The molecule has 1 fully saturated rings. The van der Waals surface area contributed by atoms with E-state index in [0.29, 0.717) is 30.3 Å². The summed E-state index contributed by atoms with van der Waals surface area (Å²) in [6, 6.07) is 7.96. The summed E-state index contributed by atoms with van der Waals surface area (Å²) in [5, 5.41) is 28.4. The van der Waals surface area contributed by atoms with Crippen LogP contribution in [-0.2, 0) is 0 Å². The molecule has 1 aliphatic carbocycles. The van der Waals surface area contributed by atoms with E-state index in [1.807, 2.05) is 45.0 Å². The Bertz CT molecular complexity index is 1040. The number of aromatic nitrogens is 4. The highest BCUT2D eigenvalue weighted by molar-refractivity contribution is 5.86. The monoisotopic (exact) mass is 439 g/mol. The first-order chi connectivity index (χ1) is 15.3. The number of fused-ring (bicyclic) bond motifs is 1. The summed E-state index contributed by atoms with van der Waals surface area (Å²) in [6.07, 6.45) is 7.47. The second-order valence-corrected chi connectivity index (χ2v) is 9.43. The zero-order chi connectivity index (χ0) is 22.7. The Morgan fingerprint density at radius 3 is 2.72 bits per heavy atom. The minimum absolute atomic E-state index is 0.0642. The lowest BCUT2D eigenvalue weighted by atomic mass is 9.77. The molecule has 32 heavy (non-hydrogen) atoms. The molecule has 1 atom stereocenters. The molecule has 0 radical (unpaired) electrons. The van der Waals surface area contributed by atoms with Crippen LogP contribution in [0.15, 0.2) is 36.7 Å². The number of hydrogen-bond donors (Lipinski definition) is 3. The Morgan fingerprint density at radius 2 is 2.00 bits per heavy atom. The number of nitrogens with zero attached hydrogens (tertiary/aromatic N) is 4. The van der Waals surface area contributed by atoms with Gasteiger partial charge in [0.25, 0.3) is 0 Å². The molecule has 0 spiro atoms. The van der Waals surface area contributed by atoms with Gasteiger partial charge in [0.15, 0.2) is 5.82 Å².